The van der Waals surface area contributed by atoms with Crippen molar-refractivity contribution in [1.82, 2.24) is 4.98 Å². The molecule has 9 heteroatoms. The normalized spacial score (nSPS) is 11.1. The van der Waals surface area contributed by atoms with Gasteiger partial charge in [-0.25, -0.2) is 14.2 Å². The number of carboxylic acids is 1. The van der Waals surface area contributed by atoms with Crippen LogP contribution in [0.4, 0.5) is 15.2 Å². The van der Waals surface area contributed by atoms with Crippen LogP contribution in [-0.4, -0.2) is 27.9 Å². The largest absolute Gasteiger partial charge is 0.478 e. The molecule has 0 atom stereocenters. The number of hydrogen-bond donors (Lipinski definition) is 3. The molecule has 0 aliphatic carbocycles. The number of amides is 2. The van der Waals surface area contributed by atoms with E-state index in [1.165, 1.54) is 23.5 Å². The first-order chi connectivity index (χ1) is 12.1. The zero-order valence-electron chi connectivity index (χ0n) is 14.4. The number of thiazole rings is 1. The minimum Gasteiger partial charge on any atom is -0.478 e. The van der Waals surface area contributed by atoms with Gasteiger partial charge in [-0.15, -0.1) is 11.3 Å². The number of aromatic carboxylic acids is 1. The average molecular weight is 379 g/mol. The molecular formula is C17H18FN3O4S. The van der Waals surface area contributed by atoms with E-state index in [2.05, 4.69) is 15.6 Å². The first-order valence-corrected chi connectivity index (χ1v) is 8.53. The highest BCUT2D eigenvalue weighted by Gasteiger charge is 2.22. The first kappa shape index (κ1) is 19.5. The number of carboxylic acid groups (broad SMARTS) is 1. The lowest BCUT2D eigenvalue weighted by Gasteiger charge is -2.15. The Morgan fingerprint density at radius 3 is 2.50 bits per heavy atom. The zero-order valence-corrected chi connectivity index (χ0v) is 15.2. The molecule has 0 saturated carbocycles. The first-order valence-electron chi connectivity index (χ1n) is 7.65. The van der Waals surface area contributed by atoms with Crippen molar-refractivity contribution in [2.75, 3.05) is 10.6 Å². The summed E-state index contributed by atoms with van der Waals surface area (Å²) in [5, 5.41) is 15.8. The maximum atomic E-state index is 13.8. The van der Waals surface area contributed by atoms with Crippen LogP contribution in [0.3, 0.4) is 0 Å². The smallest absolute Gasteiger partial charge is 0.335 e. The Morgan fingerprint density at radius 1 is 1.23 bits per heavy atom. The lowest BCUT2D eigenvalue weighted by Crippen LogP contribution is -2.27. The van der Waals surface area contributed by atoms with Crippen LogP contribution < -0.4 is 10.6 Å². The summed E-state index contributed by atoms with van der Waals surface area (Å²) in [6.07, 6.45) is -0.109. The number of halogens is 1. The summed E-state index contributed by atoms with van der Waals surface area (Å²) >= 11 is 1.19. The number of aromatic nitrogens is 1. The quantitative estimate of drug-likeness (QED) is 0.739. The molecule has 2 aromatic rings. The molecule has 1 heterocycles. The number of carbonyl (C=O) groups excluding carboxylic acids is 2. The number of benzene rings is 1. The van der Waals surface area contributed by atoms with Crippen molar-refractivity contribution in [3.63, 3.8) is 0 Å². The molecule has 0 aliphatic rings. The standard InChI is InChI=1S/C17H18FN3O4S/c1-17(2,3)15(25)21-16-19-10(8-26-16)7-13(22)20-12-5-4-9(14(23)24)6-11(12)18/h4-6,8H,7H2,1-3H3,(H,20,22)(H,23,24)(H,19,21,25). The summed E-state index contributed by atoms with van der Waals surface area (Å²) in [5.41, 5.74) is -0.460. The lowest BCUT2D eigenvalue weighted by atomic mass is 9.96. The highest BCUT2D eigenvalue weighted by atomic mass is 32.1. The van der Waals surface area contributed by atoms with E-state index in [4.69, 9.17) is 5.11 Å². The van der Waals surface area contributed by atoms with Gasteiger partial charge in [0.1, 0.15) is 5.82 Å². The van der Waals surface area contributed by atoms with Crippen LogP contribution in [0.15, 0.2) is 23.6 Å². The molecule has 0 unspecified atom stereocenters. The van der Waals surface area contributed by atoms with Crippen LogP contribution >= 0.6 is 11.3 Å². The summed E-state index contributed by atoms with van der Waals surface area (Å²) in [6, 6.07) is 3.22. The third kappa shape index (κ3) is 5.09. The Bertz CT molecular complexity index is 858. The van der Waals surface area contributed by atoms with Crippen LogP contribution in [0, 0.1) is 11.2 Å². The summed E-state index contributed by atoms with van der Waals surface area (Å²) in [7, 11) is 0. The second-order valence-corrected chi connectivity index (χ2v) is 7.43. The van der Waals surface area contributed by atoms with E-state index in [1.807, 2.05) is 0 Å². The van der Waals surface area contributed by atoms with E-state index >= 15 is 0 Å². The van der Waals surface area contributed by atoms with Crippen LogP contribution in [0.5, 0.6) is 0 Å². The second-order valence-electron chi connectivity index (χ2n) is 6.57. The third-order valence-electron chi connectivity index (χ3n) is 3.29. The van der Waals surface area contributed by atoms with Gasteiger partial charge < -0.3 is 15.7 Å². The van der Waals surface area contributed by atoms with Gasteiger partial charge in [0.05, 0.1) is 23.4 Å². The molecular weight excluding hydrogens is 361 g/mol. The van der Waals surface area contributed by atoms with E-state index in [-0.39, 0.29) is 23.6 Å². The molecule has 1 aromatic carbocycles. The predicted octanol–water partition coefficient (Wildman–Crippen LogP) is 3.15. The molecule has 0 spiro atoms. The highest BCUT2D eigenvalue weighted by Crippen LogP contribution is 2.21. The fourth-order valence-electron chi connectivity index (χ4n) is 1.84. The third-order valence-corrected chi connectivity index (χ3v) is 4.09. The van der Waals surface area contributed by atoms with Gasteiger partial charge in [0.2, 0.25) is 11.8 Å². The van der Waals surface area contributed by atoms with Crippen LogP contribution in [0.25, 0.3) is 0 Å². The van der Waals surface area contributed by atoms with Gasteiger partial charge in [-0.05, 0) is 18.2 Å². The maximum Gasteiger partial charge on any atom is 0.335 e. The second kappa shape index (κ2) is 7.61. The molecule has 2 amide bonds. The maximum absolute atomic E-state index is 13.8. The van der Waals surface area contributed by atoms with E-state index in [1.54, 1.807) is 26.2 Å². The predicted molar refractivity (Wildman–Crippen MR) is 95.9 cm³/mol. The summed E-state index contributed by atoms with van der Waals surface area (Å²) in [5.74, 6) is -2.79. The topological polar surface area (TPSA) is 108 Å². The molecule has 138 valence electrons. The number of nitrogens with zero attached hydrogens (tertiary/aromatic N) is 1. The minimum absolute atomic E-state index is 0.109. The van der Waals surface area contributed by atoms with Crippen molar-refractivity contribution in [2.24, 2.45) is 5.41 Å². The molecule has 7 nitrogen and oxygen atoms in total. The molecule has 0 bridgehead atoms. The number of carbonyl (C=O) groups is 3. The highest BCUT2D eigenvalue weighted by molar-refractivity contribution is 7.13. The van der Waals surface area contributed by atoms with Crippen molar-refractivity contribution in [3.05, 3.63) is 40.7 Å². The van der Waals surface area contributed by atoms with Crippen molar-refractivity contribution < 1.29 is 23.9 Å². The average Bonchev–Trinajstić information content (AvgIpc) is 2.95. The van der Waals surface area contributed by atoms with Gasteiger partial charge in [-0.1, -0.05) is 20.8 Å². The Hall–Kier alpha value is -2.81. The molecule has 26 heavy (non-hydrogen) atoms. The summed E-state index contributed by atoms with van der Waals surface area (Å²) < 4.78 is 13.8. The SMILES string of the molecule is CC(C)(C)C(=O)Nc1nc(CC(=O)Nc2ccc(C(=O)O)cc2F)cs1. The van der Waals surface area contributed by atoms with E-state index in [9.17, 15) is 18.8 Å². The van der Waals surface area contributed by atoms with Gasteiger partial charge in [0.25, 0.3) is 0 Å². The van der Waals surface area contributed by atoms with E-state index in [0.29, 0.717) is 10.8 Å². The zero-order chi connectivity index (χ0) is 19.5. The van der Waals surface area contributed by atoms with Gasteiger partial charge in [-0.3, -0.25) is 9.59 Å². The van der Waals surface area contributed by atoms with Gasteiger partial charge >= 0.3 is 5.97 Å². The number of hydrogen-bond acceptors (Lipinski definition) is 5. The Kier molecular flexibility index (Phi) is 5.71. The van der Waals surface area contributed by atoms with Crippen LogP contribution in [-0.2, 0) is 16.0 Å². The minimum atomic E-state index is -1.26. The lowest BCUT2D eigenvalue weighted by molar-refractivity contribution is -0.123. The molecule has 0 radical (unpaired) electrons. The summed E-state index contributed by atoms with van der Waals surface area (Å²) in [6.45, 7) is 5.32. The monoisotopic (exact) mass is 379 g/mol. The van der Waals surface area contributed by atoms with Gasteiger partial charge in [0.15, 0.2) is 5.13 Å². The molecule has 1 aromatic heterocycles. The van der Waals surface area contributed by atoms with Crippen LogP contribution in [0.1, 0.15) is 36.8 Å². The number of anilines is 2. The Labute approximate surface area is 153 Å². The van der Waals surface area contributed by atoms with Gasteiger partial charge in [-0.2, -0.15) is 0 Å². The molecule has 0 saturated heterocycles. The van der Waals surface area contributed by atoms with Crippen molar-refractivity contribution >= 4 is 39.9 Å². The van der Waals surface area contributed by atoms with E-state index in [0.717, 1.165) is 6.07 Å². The van der Waals surface area contributed by atoms with Crippen molar-refractivity contribution in [2.45, 2.75) is 27.2 Å². The molecule has 3 N–H and O–H groups in total. The Balaban J connectivity index is 1.98. The molecule has 2 rings (SSSR count). The number of nitrogens with one attached hydrogen (secondary N) is 2. The Morgan fingerprint density at radius 2 is 1.92 bits per heavy atom. The fraction of sp³-hybridized carbons (Fsp3) is 0.294. The van der Waals surface area contributed by atoms with Crippen LogP contribution in [0.2, 0.25) is 0 Å². The van der Waals surface area contributed by atoms with Gasteiger partial charge in [0, 0.05) is 10.8 Å². The fourth-order valence-corrected chi connectivity index (χ4v) is 2.54. The van der Waals surface area contributed by atoms with E-state index < -0.39 is 23.1 Å². The summed E-state index contributed by atoms with van der Waals surface area (Å²) in [4.78, 5) is 38.9. The van der Waals surface area contributed by atoms with Crippen molar-refractivity contribution in [3.8, 4) is 0 Å². The number of rotatable bonds is 5. The molecule has 0 aliphatic heterocycles. The van der Waals surface area contributed by atoms with Crippen molar-refractivity contribution in [1.29, 1.82) is 0 Å². The molecule has 0 fully saturated rings.